The van der Waals surface area contributed by atoms with Crippen LogP contribution in [0.25, 0.3) is 6.08 Å². The molecule has 0 radical (unpaired) electrons. The second kappa shape index (κ2) is 10.7. The van der Waals surface area contributed by atoms with Crippen LogP contribution in [0.4, 0.5) is 0 Å². The summed E-state index contributed by atoms with van der Waals surface area (Å²) in [4.78, 5) is 22.6. The monoisotopic (exact) mass is 464 g/mol. The molecule has 2 atom stereocenters. The molecule has 176 valence electrons. The Morgan fingerprint density at radius 2 is 1.72 bits per heavy atom. The van der Waals surface area contributed by atoms with Crippen molar-refractivity contribution >= 4 is 28.0 Å². The standard InChI is InChI=1S/C13H18O4.C10H14N2O2S/c1-12(2,3)13(4)8(10(14)15)6-5-7-9(13)11(16)17;11-8-10-5-3-9(4-6-10)2-1-7-15(12,13)14/h5-8H,1-4H3,(H,14,15)(H,16,17);1-6H,7-8,11H2,(H2,12,13,14). The molecule has 0 spiro atoms. The molecular weight excluding hydrogens is 432 g/mol. The number of nitrogens with two attached hydrogens (primary N) is 2. The van der Waals surface area contributed by atoms with Crippen LogP contribution in [-0.2, 0) is 26.2 Å². The number of rotatable bonds is 6. The van der Waals surface area contributed by atoms with Crippen LogP contribution in [0.3, 0.4) is 0 Å². The summed E-state index contributed by atoms with van der Waals surface area (Å²) < 4.78 is 21.3. The van der Waals surface area contributed by atoms with Crippen molar-refractivity contribution in [2.75, 3.05) is 5.75 Å². The number of allylic oxidation sites excluding steroid dienone is 2. The van der Waals surface area contributed by atoms with E-state index in [2.05, 4.69) is 0 Å². The fourth-order valence-corrected chi connectivity index (χ4v) is 3.74. The lowest BCUT2D eigenvalue weighted by molar-refractivity contribution is -0.147. The van der Waals surface area contributed by atoms with Gasteiger partial charge in [0.1, 0.15) is 0 Å². The maximum atomic E-state index is 11.3. The molecule has 1 aromatic rings. The normalized spacial score (nSPS) is 20.9. The van der Waals surface area contributed by atoms with Crippen LogP contribution in [0, 0.1) is 16.7 Å². The topological polar surface area (TPSA) is 161 Å². The molecule has 32 heavy (non-hydrogen) atoms. The van der Waals surface area contributed by atoms with Crippen LogP contribution in [0.5, 0.6) is 0 Å². The van der Waals surface area contributed by atoms with E-state index in [0.717, 1.165) is 11.1 Å². The van der Waals surface area contributed by atoms with Crippen molar-refractivity contribution in [3.63, 3.8) is 0 Å². The predicted molar refractivity (Wildman–Crippen MR) is 125 cm³/mol. The fraction of sp³-hybridized carbons (Fsp3) is 0.391. The molecule has 6 N–H and O–H groups in total. The van der Waals surface area contributed by atoms with Crippen molar-refractivity contribution in [2.45, 2.75) is 34.2 Å². The third kappa shape index (κ3) is 7.15. The van der Waals surface area contributed by atoms with Gasteiger partial charge in [0, 0.05) is 17.5 Å². The summed E-state index contributed by atoms with van der Waals surface area (Å²) in [5, 5.41) is 23.4. The SMILES string of the molecule is CC(C)(C)C1(C)C(C(=O)O)=CC=CC1C(=O)O.NCc1ccc(C=CCS(N)(=O)=O)cc1. The Kier molecular flexibility index (Phi) is 9.13. The zero-order chi connectivity index (χ0) is 24.7. The number of carboxylic acid groups (broad SMARTS) is 2. The third-order valence-corrected chi connectivity index (χ3v) is 6.31. The Morgan fingerprint density at radius 3 is 2.12 bits per heavy atom. The average Bonchev–Trinajstić information content (AvgIpc) is 2.67. The minimum Gasteiger partial charge on any atom is -0.481 e. The van der Waals surface area contributed by atoms with Crippen LogP contribution in [0.1, 0.15) is 38.8 Å². The third-order valence-electron chi connectivity index (χ3n) is 5.66. The van der Waals surface area contributed by atoms with Crippen molar-refractivity contribution in [3.05, 3.63) is 65.3 Å². The van der Waals surface area contributed by atoms with Gasteiger partial charge in [0.2, 0.25) is 10.0 Å². The molecule has 0 heterocycles. The molecule has 9 heteroatoms. The van der Waals surface area contributed by atoms with Crippen molar-refractivity contribution in [2.24, 2.45) is 27.6 Å². The molecule has 2 unspecified atom stereocenters. The van der Waals surface area contributed by atoms with E-state index >= 15 is 0 Å². The lowest BCUT2D eigenvalue weighted by Crippen LogP contribution is -2.47. The van der Waals surface area contributed by atoms with Gasteiger partial charge in [0.25, 0.3) is 0 Å². The van der Waals surface area contributed by atoms with Crippen molar-refractivity contribution in [1.29, 1.82) is 0 Å². The molecule has 0 saturated carbocycles. The van der Waals surface area contributed by atoms with Gasteiger partial charge in [-0.3, -0.25) is 4.79 Å². The Balaban J connectivity index is 0.000000323. The number of carboxylic acids is 2. The first-order valence-corrected chi connectivity index (χ1v) is 11.7. The van der Waals surface area contributed by atoms with Crippen LogP contribution in [-0.4, -0.2) is 36.3 Å². The minimum atomic E-state index is -3.41. The second-order valence-corrected chi connectivity index (χ2v) is 10.4. The first-order valence-electron chi connectivity index (χ1n) is 9.94. The molecular formula is C23H32N2O6S. The number of primary sulfonamides is 1. The van der Waals surface area contributed by atoms with Gasteiger partial charge in [-0.15, -0.1) is 0 Å². The van der Waals surface area contributed by atoms with Gasteiger partial charge in [-0.2, -0.15) is 0 Å². The summed E-state index contributed by atoms with van der Waals surface area (Å²) in [6, 6.07) is 7.55. The Hall–Kier alpha value is -2.75. The van der Waals surface area contributed by atoms with E-state index in [1.165, 1.54) is 18.2 Å². The lowest BCUT2D eigenvalue weighted by atomic mass is 9.55. The molecule has 0 saturated heterocycles. The number of aliphatic carboxylic acids is 2. The number of carbonyl (C=O) groups is 2. The zero-order valence-electron chi connectivity index (χ0n) is 18.8. The van der Waals surface area contributed by atoms with Gasteiger partial charge in [-0.25, -0.2) is 18.4 Å². The highest BCUT2D eigenvalue weighted by Gasteiger charge is 2.52. The van der Waals surface area contributed by atoms with E-state index in [-0.39, 0.29) is 11.3 Å². The molecule has 0 aliphatic heterocycles. The lowest BCUT2D eigenvalue weighted by Gasteiger charge is -2.46. The van der Waals surface area contributed by atoms with E-state index in [9.17, 15) is 28.2 Å². The molecule has 2 rings (SSSR count). The van der Waals surface area contributed by atoms with Gasteiger partial charge in [-0.05, 0) is 16.5 Å². The van der Waals surface area contributed by atoms with Gasteiger partial charge < -0.3 is 15.9 Å². The van der Waals surface area contributed by atoms with Crippen LogP contribution >= 0.6 is 0 Å². The predicted octanol–water partition coefficient (Wildman–Crippen LogP) is 2.77. The highest BCUT2D eigenvalue weighted by Crippen LogP contribution is 2.52. The maximum absolute atomic E-state index is 11.3. The number of sulfonamides is 1. The highest BCUT2D eigenvalue weighted by molar-refractivity contribution is 7.89. The summed E-state index contributed by atoms with van der Waals surface area (Å²) in [5.74, 6) is -3.02. The Labute approximate surface area is 189 Å². The molecule has 1 aliphatic rings. The summed E-state index contributed by atoms with van der Waals surface area (Å²) in [7, 11) is -3.41. The van der Waals surface area contributed by atoms with E-state index in [0.29, 0.717) is 6.54 Å². The van der Waals surface area contributed by atoms with Crippen LogP contribution in [0.15, 0.2) is 54.1 Å². The van der Waals surface area contributed by atoms with Crippen molar-refractivity contribution in [3.8, 4) is 0 Å². The van der Waals surface area contributed by atoms with Crippen LogP contribution < -0.4 is 10.9 Å². The fourth-order valence-electron chi connectivity index (χ4n) is 3.37. The summed E-state index contributed by atoms with van der Waals surface area (Å²) in [6.45, 7) is 7.78. The van der Waals surface area contributed by atoms with E-state index in [1.54, 1.807) is 19.1 Å². The van der Waals surface area contributed by atoms with E-state index in [4.69, 9.17) is 10.9 Å². The van der Waals surface area contributed by atoms with Gasteiger partial charge in [-0.1, -0.05) is 82.3 Å². The quantitative estimate of drug-likeness (QED) is 0.503. The molecule has 8 nitrogen and oxygen atoms in total. The van der Waals surface area contributed by atoms with Crippen molar-refractivity contribution < 1.29 is 28.2 Å². The Bertz CT molecular complexity index is 1020. The summed E-state index contributed by atoms with van der Waals surface area (Å²) >= 11 is 0. The molecule has 0 aromatic heterocycles. The number of hydrogen-bond acceptors (Lipinski definition) is 5. The average molecular weight is 465 g/mol. The second-order valence-electron chi connectivity index (χ2n) is 8.72. The Morgan fingerprint density at radius 1 is 1.16 bits per heavy atom. The van der Waals surface area contributed by atoms with Crippen LogP contribution in [0.2, 0.25) is 0 Å². The molecule has 0 amide bonds. The summed E-state index contributed by atoms with van der Waals surface area (Å²) in [5.41, 5.74) is 6.16. The number of hydrogen-bond donors (Lipinski definition) is 4. The van der Waals surface area contributed by atoms with Crippen molar-refractivity contribution in [1.82, 2.24) is 0 Å². The number of benzene rings is 1. The minimum absolute atomic E-state index is 0.147. The molecule has 0 fully saturated rings. The zero-order valence-corrected chi connectivity index (χ0v) is 19.6. The summed E-state index contributed by atoms with van der Waals surface area (Å²) in [6.07, 6.45) is 7.79. The van der Waals surface area contributed by atoms with Gasteiger partial charge in [0.05, 0.1) is 11.7 Å². The molecule has 0 bridgehead atoms. The van der Waals surface area contributed by atoms with E-state index < -0.39 is 38.7 Å². The van der Waals surface area contributed by atoms with Gasteiger partial charge >= 0.3 is 11.9 Å². The molecule has 1 aliphatic carbocycles. The van der Waals surface area contributed by atoms with Gasteiger partial charge in [0.15, 0.2) is 0 Å². The highest BCUT2D eigenvalue weighted by atomic mass is 32.2. The smallest absolute Gasteiger partial charge is 0.332 e. The maximum Gasteiger partial charge on any atom is 0.332 e. The van der Waals surface area contributed by atoms with E-state index in [1.807, 2.05) is 45.0 Å². The largest absolute Gasteiger partial charge is 0.481 e. The first kappa shape index (κ1) is 27.3. The molecule has 1 aromatic carbocycles. The first-order chi connectivity index (χ1) is 14.6.